The Kier molecular flexibility index (Phi) is 4.99. The second-order valence-corrected chi connectivity index (χ2v) is 5.15. The number of hydrogen-bond donors (Lipinski definition) is 2. The van der Waals surface area contributed by atoms with Crippen LogP contribution in [0.1, 0.15) is 29.6 Å². The molecule has 104 valence electrons. The largest absolute Gasteiger partial charge is 0.384 e. The third kappa shape index (κ3) is 4.08. The molecule has 0 radical (unpaired) electrons. The van der Waals surface area contributed by atoms with E-state index in [1.807, 2.05) is 0 Å². The fourth-order valence-corrected chi connectivity index (χ4v) is 2.42. The number of nitrogen functional groups attached to an aromatic ring is 1. The maximum atomic E-state index is 11.9. The molecule has 0 atom stereocenters. The van der Waals surface area contributed by atoms with Crippen molar-refractivity contribution in [1.82, 2.24) is 15.2 Å². The number of amides is 1. The van der Waals surface area contributed by atoms with Crippen LogP contribution in [-0.4, -0.2) is 42.0 Å². The van der Waals surface area contributed by atoms with Gasteiger partial charge < -0.3 is 16.0 Å². The van der Waals surface area contributed by atoms with Gasteiger partial charge in [0, 0.05) is 12.7 Å². The fraction of sp³-hybridized carbons (Fsp3) is 0.538. The molecular weight excluding hydrogens is 264 g/mol. The van der Waals surface area contributed by atoms with Crippen LogP contribution in [0.3, 0.4) is 0 Å². The van der Waals surface area contributed by atoms with Crippen molar-refractivity contribution in [2.45, 2.75) is 19.3 Å². The molecule has 1 aliphatic heterocycles. The molecule has 6 heteroatoms. The van der Waals surface area contributed by atoms with E-state index in [1.165, 1.54) is 38.2 Å². The first-order valence-electron chi connectivity index (χ1n) is 6.58. The van der Waals surface area contributed by atoms with Crippen molar-refractivity contribution in [3.8, 4) is 0 Å². The van der Waals surface area contributed by atoms with Gasteiger partial charge in [-0.25, -0.2) is 4.98 Å². The van der Waals surface area contributed by atoms with Crippen LogP contribution in [-0.2, 0) is 0 Å². The second-order valence-electron chi connectivity index (χ2n) is 4.75. The predicted octanol–water partition coefficient (Wildman–Crippen LogP) is 1.53. The zero-order chi connectivity index (χ0) is 13.7. The highest BCUT2D eigenvalue weighted by Gasteiger charge is 2.12. The third-order valence-electron chi connectivity index (χ3n) is 3.26. The van der Waals surface area contributed by atoms with Crippen molar-refractivity contribution in [3.63, 3.8) is 0 Å². The van der Waals surface area contributed by atoms with E-state index in [-0.39, 0.29) is 5.91 Å². The van der Waals surface area contributed by atoms with Crippen LogP contribution in [0.5, 0.6) is 0 Å². The standard InChI is InChI=1S/C13H19ClN4O/c14-11-9-17-12(15)8-10(11)13(19)16-4-3-7-18-5-1-2-6-18/h8-9H,1-7H2,(H2,15,17)(H,16,19). The average Bonchev–Trinajstić information content (AvgIpc) is 2.90. The van der Waals surface area contributed by atoms with Crippen LogP contribution in [0.2, 0.25) is 5.02 Å². The first kappa shape index (κ1) is 14.1. The number of carbonyl (C=O) groups excluding carboxylic acids is 1. The van der Waals surface area contributed by atoms with Crippen molar-refractivity contribution in [2.75, 3.05) is 31.9 Å². The summed E-state index contributed by atoms with van der Waals surface area (Å²) in [6.45, 7) is 4.04. The van der Waals surface area contributed by atoms with E-state index in [4.69, 9.17) is 17.3 Å². The Morgan fingerprint density at radius 2 is 2.21 bits per heavy atom. The number of anilines is 1. The van der Waals surface area contributed by atoms with Gasteiger partial charge >= 0.3 is 0 Å². The molecule has 0 unspecified atom stereocenters. The normalized spacial score (nSPS) is 15.6. The number of hydrogen-bond acceptors (Lipinski definition) is 4. The summed E-state index contributed by atoms with van der Waals surface area (Å²) < 4.78 is 0. The first-order chi connectivity index (χ1) is 9.16. The van der Waals surface area contributed by atoms with E-state index >= 15 is 0 Å². The minimum absolute atomic E-state index is 0.194. The molecule has 0 spiro atoms. The molecular formula is C13H19ClN4O. The Labute approximate surface area is 118 Å². The molecule has 1 saturated heterocycles. The molecule has 1 fully saturated rings. The minimum Gasteiger partial charge on any atom is -0.384 e. The second kappa shape index (κ2) is 6.73. The lowest BCUT2D eigenvalue weighted by molar-refractivity contribution is 0.0952. The summed E-state index contributed by atoms with van der Waals surface area (Å²) in [7, 11) is 0. The molecule has 1 aromatic heterocycles. The van der Waals surface area contributed by atoms with E-state index in [2.05, 4.69) is 15.2 Å². The molecule has 2 rings (SSSR count). The van der Waals surface area contributed by atoms with Gasteiger partial charge in [0.25, 0.3) is 5.91 Å². The summed E-state index contributed by atoms with van der Waals surface area (Å²) in [5, 5.41) is 3.18. The number of halogens is 1. The van der Waals surface area contributed by atoms with E-state index in [9.17, 15) is 4.79 Å². The van der Waals surface area contributed by atoms with Crippen LogP contribution >= 0.6 is 11.6 Å². The molecule has 0 bridgehead atoms. The Morgan fingerprint density at radius 1 is 1.47 bits per heavy atom. The van der Waals surface area contributed by atoms with Crippen LogP contribution in [0, 0.1) is 0 Å². The van der Waals surface area contributed by atoms with E-state index in [0.29, 0.717) is 22.9 Å². The Morgan fingerprint density at radius 3 is 2.95 bits per heavy atom. The third-order valence-corrected chi connectivity index (χ3v) is 3.56. The lowest BCUT2D eigenvalue weighted by Crippen LogP contribution is -2.28. The highest BCUT2D eigenvalue weighted by Crippen LogP contribution is 2.16. The molecule has 0 aromatic carbocycles. The highest BCUT2D eigenvalue weighted by atomic mass is 35.5. The Balaban J connectivity index is 1.75. The number of nitrogens with one attached hydrogen (secondary N) is 1. The van der Waals surface area contributed by atoms with Gasteiger partial charge in [-0.2, -0.15) is 0 Å². The van der Waals surface area contributed by atoms with E-state index in [0.717, 1.165) is 13.0 Å². The van der Waals surface area contributed by atoms with E-state index in [1.54, 1.807) is 0 Å². The number of carbonyl (C=O) groups is 1. The lowest BCUT2D eigenvalue weighted by atomic mass is 10.2. The highest BCUT2D eigenvalue weighted by molar-refractivity contribution is 6.33. The van der Waals surface area contributed by atoms with Gasteiger partial charge in [-0.15, -0.1) is 0 Å². The molecule has 5 nitrogen and oxygen atoms in total. The number of aromatic nitrogens is 1. The predicted molar refractivity (Wildman–Crippen MR) is 76.3 cm³/mol. The monoisotopic (exact) mass is 282 g/mol. The molecule has 1 aromatic rings. The quantitative estimate of drug-likeness (QED) is 0.804. The van der Waals surface area contributed by atoms with Gasteiger partial charge in [0.15, 0.2) is 0 Å². The number of rotatable bonds is 5. The number of pyridine rings is 1. The van der Waals surface area contributed by atoms with E-state index < -0.39 is 0 Å². The number of nitrogens with zero attached hydrogens (tertiary/aromatic N) is 2. The summed E-state index contributed by atoms with van der Waals surface area (Å²) >= 11 is 5.92. The minimum atomic E-state index is -0.194. The zero-order valence-corrected chi connectivity index (χ0v) is 11.6. The van der Waals surface area contributed by atoms with Crippen molar-refractivity contribution in [1.29, 1.82) is 0 Å². The molecule has 2 heterocycles. The molecule has 0 saturated carbocycles. The van der Waals surface area contributed by atoms with Crippen LogP contribution in [0.15, 0.2) is 12.3 Å². The Bertz CT molecular complexity index is 446. The SMILES string of the molecule is Nc1cc(C(=O)NCCCN2CCCC2)c(Cl)cn1. The van der Waals surface area contributed by atoms with Gasteiger partial charge in [-0.3, -0.25) is 4.79 Å². The van der Waals surface area contributed by atoms with Gasteiger partial charge in [0.2, 0.25) is 0 Å². The molecule has 19 heavy (non-hydrogen) atoms. The Hall–Kier alpha value is -1.33. The summed E-state index contributed by atoms with van der Waals surface area (Å²) in [5.41, 5.74) is 5.93. The first-order valence-corrected chi connectivity index (χ1v) is 6.96. The fourth-order valence-electron chi connectivity index (χ4n) is 2.23. The van der Waals surface area contributed by atoms with Crippen molar-refractivity contribution in [2.24, 2.45) is 0 Å². The summed E-state index contributed by atoms with van der Waals surface area (Å²) in [5.74, 6) is 0.104. The molecule has 1 aliphatic rings. The molecule has 0 aliphatic carbocycles. The van der Waals surface area contributed by atoms with Gasteiger partial charge in [-0.1, -0.05) is 11.6 Å². The number of nitrogens with two attached hydrogens (primary N) is 1. The lowest BCUT2D eigenvalue weighted by Gasteiger charge is -2.14. The average molecular weight is 283 g/mol. The maximum Gasteiger partial charge on any atom is 0.252 e. The van der Waals surface area contributed by atoms with Crippen LogP contribution in [0.4, 0.5) is 5.82 Å². The van der Waals surface area contributed by atoms with Gasteiger partial charge in [0.1, 0.15) is 5.82 Å². The van der Waals surface area contributed by atoms with Crippen LogP contribution in [0.25, 0.3) is 0 Å². The van der Waals surface area contributed by atoms with Crippen LogP contribution < -0.4 is 11.1 Å². The smallest absolute Gasteiger partial charge is 0.252 e. The number of likely N-dealkylation sites (tertiary alicyclic amines) is 1. The van der Waals surface area contributed by atoms with Crippen molar-refractivity contribution < 1.29 is 4.79 Å². The van der Waals surface area contributed by atoms with Gasteiger partial charge in [-0.05, 0) is 45.0 Å². The summed E-state index contributed by atoms with van der Waals surface area (Å²) in [6, 6.07) is 1.50. The molecule has 1 amide bonds. The van der Waals surface area contributed by atoms with Crippen molar-refractivity contribution in [3.05, 3.63) is 22.8 Å². The topological polar surface area (TPSA) is 71.2 Å². The van der Waals surface area contributed by atoms with Crippen molar-refractivity contribution >= 4 is 23.3 Å². The maximum absolute atomic E-state index is 11.9. The van der Waals surface area contributed by atoms with Gasteiger partial charge in [0.05, 0.1) is 10.6 Å². The molecule has 3 N–H and O–H groups in total. The zero-order valence-electron chi connectivity index (χ0n) is 10.9. The summed E-state index contributed by atoms with van der Waals surface area (Å²) in [6.07, 6.45) is 4.93. The summed E-state index contributed by atoms with van der Waals surface area (Å²) in [4.78, 5) is 18.2.